The molecular formula is C20H29N3O2. The van der Waals surface area contributed by atoms with Crippen molar-refractivity contribution in [2.24, 2.45) is 5.92 Å². The number of piperazine rings is 1. The first-order chi connectivity index (χ1) is 12.2. The van der Waals surface area contributed by atoms with Gasteiger partial charge in [0.15, 0.2) is 0 Å². The Hall–Kier alpha value is -1.59. The fourth-order valence-electron chi connectivity index (χ4n) is 4.31. The zero-order valence-corrected chi connectivity index (χ0v) is 15.2. The molecule has 2 saturated heterocycles. The van der Waals surface area contributed by atoms with Crippen LogP contribution in [0.5, 0.6) is 5.75 Å². The van der Waals surface area contributed by atoms with Gasteiger partial charge in [-0.05, 0) is 50.0 Å². The minimum absolute atomic E-state index is 0.235. The standard InChI is InChI=1S/C20H29N3O2/c1-15(18-3-2-16-6-13-25-19(16)14-18)22-9-11-23(12-10-22)20(24)17-4-7-21-8-5-17/h2-3,14-15,17,21H,4-13H2,1H3/t15-/m0/s1. The number of hydrogen-bond donors (Lipinski definition) is 1. The minimum atomic E-state index is 0.235. The van der Waals surface area contributed by atoms with E-state index in [0.717, 1.165) is 70.9 Å². The molecule has 0 bridgehead atoms. The Morgan fingerprint density at radius 1 is 1.20 bits per heavy atom. The molecule has 1 amide bonds. The average Bonchev–Trinajstić information content (AvgIpc) is 3.15. The predicted octanol–water partition coefficient (Wildman–Crippen LogP) is 1.83. The molecule has 3 aliphatic heterocycles. The fraction of sp³-hybridized carbons (Fsp3) is 0.650. The largest absolute Gasteiger partial charge is 0.493 e. The van der Waals surface area contributed by atoms with Crippen LogP contribution in [0.15, 0.2) is 18.2 Å². The van der Waals surface area contributed by atoms with E-state index in [1.54, 1.807) is 0 Å². The monoisotopic (exact) mass is 343 g/mol. The molecule has 0 radical (unpaired) electrons. The highest BCUT2D eigenvalue weighted by molar-refractivity contribution is 5.79. The lowest BCUT2D eigenvalue weighted by Crippen LogP contribution is -2.51. The lowest BCUT2D eigenvalue weighted by Gasteiger charge is -2.40. The maximum Gasteiger partial charge on any atom is 0.225 e. The second-order valence-corrected chi connectivity index (χ2v) is 7.53. The van der Waals surface area contributed by atoms with Gasteiger partial charge >= 0.3 is 0 Å². The third kappa shape index (κ3) is 3.53. The van der Waals surface area contributed by atoms with Crippen LogP contribution in [0.1, 0.15) is 36.9 Å². The summed E-state index contributed by atoms with van der Waals surface area (Å²) in [5, 5.41) is 3.34. The van der Waals surface area contributed by atoms with Gasteiger partial charge in [-0.25, -0.2) is 0 Å². The molecule has 1 aromatic carbocycles. The quantitative estimate of drug-likeness (QED) is 0.909. The molecule has 0 saturated carbocycles. The lowest BCUT2D eigenvalue weighted by molar-refractivity contribution is -0.138. The van der Waals surface area contributed by atoms with E-state index in [1.807, 2.05) is 0 Å². The molecule has 3 aliphatic rings. The molecule has 2 fully saturated rings. The van der Waals surface area contributed by atoms with Crippen molar-refractivity contribution in [3.8, 4) is 5.75 Å². The smallest absolute Gasteiger partial charge is 0.225 e. The van der Waals surface area contributed by atoms with Crippen LogP contribution in [0.4, 0.5) is 0 Å². The van der Waals surface area contributed by atoms with Gasteiger partial charge in [-0.15, -0.1) is 0 Å². The zero-order valence-electron chi connectivity index (χ0n) is 15.2. The number of fused-ring (bicyclic) bond motifs is 1. The van der Waals surface area contributed by atoms with Crippen LogP contribution in [0.25, 0.3) is 0 Å². The first kappa shape index (κ1) is 16.9. The molecule has 0 aromatic heterocycles. The average molecular weight is 343 g/mol. The molecule has 3 heterocycles. The fourth-order valence-corrected chi connectivity index (χ4v) is 4.31. The molecule has 5 nitrogen and oxygen atoms in total. The van der Waals surface area contributed by atoms with Crippen molar-refractivity contribution in [1.29, 1.82) is 0 Å². The Morgan fingerprint density at radius 3 is 2.72 bits per heavy atom. The molecular weight excluding hydrogens is 314 g/mol. The van der Waals surface area contributed by atoms with E-state index >= 15 is 0 Å². The van der Waals surface area contributed by atoms with Gasteiger partial charge in [0.25, 0.3) is 0 Å². The number of hydrogen-bond acceptors (Lipinski definition) is 4. The van der Waals surface area contributed by atoms with Crippen LogP contribution >= 0.6 is 0 Å². The van der Waals surface area contributed by atoms with Gasteiger partial charge in [0.2, 0.25) is 5.91 Å². The van der Waals surface area contributed by atoms with Gasteiger partial charge in [0, 0.05) is 44.6 Å². The third-order valence-electron chi connectivity index (χ3n) is 6.06. The molecule has 5 heteroatoms. The highest BCUT2D eigenvalue weighted by Crippen LogP contribution is 2.31. The Kier molecular flexibility index (Phi) is 4.95. The summed E-state index contributed by atoms with van der Waals surface area (Å²) in [7, 11) is 0. The molecule has 25 heavy (non-hydrogen) atoms. The van der Waals surface area contributed by atoms with Gasteiger partial charge in [-0.2, -0.15) is 0 Å². The number of ether oxygens (including phenoxy) is 1. The summed E-state index contributed by atoms with van der Waals surface area (Å²) in [6.45, 7) is 8.65. The van der Waals surface area contributed by atoms with E-state index in [4.69, 9.17) is 4.74 Å². The van der Waals surface area contributed by atoms with Crippen molar-refractivity contribution in [2.45, 2.75) is 32.2 Å². The highest BCUT2D eigenvalue weighted by Gasteiger charge is 2.30. The summed E-state index contributed by atoms with van der Waals surface area (Å²) < 4.78 is 5.72. The molecule has 1 atom stereocenters. The number of carbonyl (C=O) groups excluding carboxylic acids is 1. The van der Waals surface area contributed by atoms with Crippen molar-refractivity contribution < 1.29 is 9.53 Å². The van der Waals surface area contributed by atoms with Crippen LogP contribution in [0.2, 0.25) is 0 Å². The number of nitrogens with one attached hydrogen (secondary N) is 1. The Balaban J connectivity index is 1.34. The first-order valence-corrected chi connectivity index (χ1v) is 9.71. The zero-order chi connectivity index (χ0) is 17.2. The van der Waals surface area contributed by atoms with Gasteiger partial charge in [0.05, 0.1) is 6.61 Å². The highest BCUT2D eigenvalue weighted by atomic mass is 16.5. The third-order valence-corrected chi connectivity index (χ3v) is 6.06. The van der Waals surface area contributed by atoms with E-state index < -0.39 is 0 Å². The van der Waals surface area contributed by atoms with E-state index in [0.29, 0.717) is 11.9 Å². The predicted molar refractivity (Wildman–Crippen MR) is 97.8 cm³/mol. The van der Waals surface area contributed by atoms with Crippen LogP contribution in [0.3, 0.4) is 0 Å². The number of nitrogens with zero attached hydrogens (tertiary/aromatic N) is 2. The first-order valence-electron chi connectivity index (χ1n) is 9.71. The number of piperidine rings is 1. The molecule has 136 valence electrons. The Bertz CT molecular complexity index is 619. The van der Waals surface area contributed by atoms with Crippen molar-refractivity contribution >= 4 is 5.91 Å². The maximum atomic E-state index is 12.7. The SMILES string of the molecule is C[C@@H](c1ccc2c(c1)OCC2)N1CCN(C(=O)C2CCNCC2)CC1. The summed E-state index contributed by atoms with van der Waals surface area (Å²) in [5.74, 6) is 1.67. The lowest BCUT2D eigenvalue weighted by atomic mass is 9.96. The molecule has 0 aliphatic carbocycles. The van der Waals surface area contributed by atoms with Gasteiger partial charge < -0.3 is 15.0 Å². The number of benzene rings is 1. The van der Waals surface area contributed by atoms with Crippen LogP contribution < -0.4 is 10.1 Å². The van der Waals surface area contributed by atoms with E-state index in [-0.39, 0.29) is 5.92 Å². The molecule has 1 aromatic rings. The van der Waals surface area contributed by atoms with Crippen LogP contribution in [-0.4, -0.2) is 61.6 Å². The van der Waals surface area contributed by atoms with E-state index in [1.165, 1.54) is 11.1 Å². The number of rotatable bonds is 3. The van der Waals surface area contributed by atoms with E-state index in [2.05, 4.69) is 40.2 Å². The Labute approximate surface area is 150 Å². The van der Waals surface area contributed by atoms with Gasteiger partial charge in [-0.3, -0.25) is 9.69 Å². The molecule has 1 N–H and O–H groups in total. The van der Waals surface area contributed by atoms with Crippen molar-refractivity contribution in [3.63, 3.8) is 0 Å². The van der Waals surface area contributed by atoms with Crippen molar-refractivity contribution in [2.75, 3.05) is 45.9 Å². The van der Waals surface area contributed by atoms with Gasteiger partial charge in [-0.1, -0.05) is 12.1 Å². The van der Waals surface area contributed by atoms with Crippen molar-refractivity contribution in [3.05, 3.63) is 29.3 Å². The normalized spacial score (nSPS) is 23.2. The molecule has 4 rings (SSSR count). The summed E-state index contributed by atoms with van der Waals surface area (Å²) in [6.07, 6.45) is 3.01. The second kappa shape index (κ2) is 7.34. The van der Waals surface area contributed by atoms with Crippen LogP contribution in [-0.2, 0) is 11.2 Å². The van der Waals surface area contributed by atoms with Crippen LogP contribution in [0, 0.1) is 5.92 Å². The number of carbonyl (C=O) groups is 1. The van der Waals surface area contributed by atoms with Crippen molar-refractivity contribution in [1.82, 2.24) is 15.1 Å². The van der Waals surface area contributed by atoms with E-state index in [9.17, 15) is 4.79 Å². The summed E-state index contributed by atoms with van der Waals surface area (Å²) in [6, 6.07) is 7.03. The number of amides is 1. The Morgan fingerprint density at radius 2 is 1.96 bits per heavy atom. The molecule has 0 spiro atoms. The maximum absolute atomic E-state index is 12.7. The van der Waals surface area contributed by atoms with Gasteiger partial charge in [0.1, 0.15) is 5.75 Å². The summed E-state index contributed by atoms with van der Waals surface area (Å²) >= 11 is 0. The summed E-state index contributed by atoms with van der Waals surface area (Å²) in [5.41, 5.74) is 2.65. The topological polar surface area (TPSA) is 44.8 Å². The summed E-state index contributed by atoms with van der Waals surface area (Å²) in [4.78, 5) is 17.3. The second-order valence-electron chi connectivity index (χ2n) is 7.53. The minimum Gasteiger partial charge on any atom is -0.493 e. The molecule has 0 unspecified atom stereocenters.